The maximum Gasteiger partial charge on any atom is 0.121 e. The minimum atomic E-state index is -0.891. The van der Waals surface area contributed by atoms with Gasteiger partial charge in [-0.25, -0.2) is 4.39 Å². The van der Waals surface area contributed by atoms with Gasteiger partial charge in [-0.1, -0.05) is 29.3 Å². The maximum absolute atomic E-state index is 13.5. The first-order valence-corrected chi connectivity index (χ1v) is 5.03. The van der Waals surface area contributed by atoms with Gasteiger partial charge in [-0.2, -0.15) is 0 Å². The predicted molar refractivity (Wildman–Crippen MR) is 45.3 cm³/mol. The van der Waals surface area contributed by atoms with Crippen LogP contribution < -0.4 is 0 Å². The van der Waals surface area contributed by atoms with Crippen molar-refractivity contribution >= 4 is 15.9 Å². The van der Waals surface area contributed by atoms with E-state index < -0.39 is 5.67 Å². The molecule has 0 N–H and O–H groups in total. The summed E-state index contributed by atoms with van der Waals surface area (Å²) in [7, 11) is 0. The summed E-state index contributed by atoms with van der Waals surface area (Å²) >= 11 is 3.22. The van der Waals surface area contributed by atoms with Crippen LogP contribution in [0.3, 0.4) is 0 Å². The third kappa shape index (κ3) is 1.94. The van der Waals surface area contributed by atoms with Gasteiger partial charge in [0.2, 0.25) is 0 Å². The summed E-state index contributed by atoms with van der Waals surface area (Å²) in [5, 5.41) is 0.518. The topological polar surface area (TPSA) is 0 Å². The van der Waals surface area contributed by atoms with Gasteiger partial charge in [-0.05, 0) is 25.2 Å². The molecule has 0 spiro atoms. The molecule has 0 saturated heterocycles. The Morgan fingerprint density at radius 3 is 2.80 bits per heavy atom. The Morgan fingerprint density at radius 1 is 1.70 bits per heavy atom. The second-order valence-corrected chi connectivity index (χ2v) is 4.05. The summed E-state index contributed by atoms with van der Waals surface area (Å²) in [6.45, 7) is 2.14. The molecule has 1 saturated carbocycles. The summed E-state index contributed by atoms with van der Waals surface area (Å²) in [5.41, 5.74) is -0.891. The molecular formula is C8H14BrF. The Kier molecular flexibility index (Phi) is 2.73. The molecule has 0 heterocycles. The third-order valence-electron chi connectivity index (χ3n) is 2.28. The lowest BCUT2D eigenvalue weighted by Crippen LogP contribution is -2.31. The van der Waals surface area contributed by atoms with Crippen molar-refractivity contribution in [1.29, 1.82) is 0 Å². The fourth-order valence-corrected chi connectivity index (χ4v) is 2.23. The van der Waals surface area contributed by atoms with Crippen LogP contribution in [0.25, 0.3) is 0 Å². The van der Waals surface area contributed by atoms with Crippen LogP contribution in [0.4, 0.5) is 4.39 Å². The molecule has 60 valence electrons. The van der Waals surface area contributed by atoms with E-state index in [0.29, 0.717) is 11.2 Å². The lowest BCUT2D eigenvalue weighted by atomic mass is 9.81. The van der Waals surface area contributed by atoms with Crippen LogP contribution >= 0.6 is 15.9 Å². The van der Waals surface area contributed by atoms with Gasteiger partial charge in [0.25, 0.3) is 0 Å². The molecule has 0 aromatic carbocycles. The van der Waals surface area contributed by atoms with Crippen molar-refractivity contribution in [2.75, 3.05) is 5.33 Å². The zero-order valence-electron chi connectivity index (χ0n) is 6.37. The number of hydrogen-bond acceptors (Lipinski definition) is 0. The second-order valence-electron chi connectivity index (χ2n) is 3.49. The smallest absolute Gasteiger partial charge is 0.121 e. The van der Waals surface area contributed by atoms with Crippen LogP contribution in [0.15, 0.2) is 0 Å². The Morgan fingerprint density at radius 2 is 2.40 bits per heavy atom. The minimum Gasteiger partial charge on any atom is -0.243 e. The number of halogens is 2. The Labute approximate surface area is 70.3 Å². The molecule has 10 heavy (non-hydrogen) atoms. The minimum absolute atomic E-state index is 0.518. The molecule has 1 aliphatic carbocycles. The van der Waals surface area contributed by atoms with Crippen LogP contribution in [0.2, 0.25) is 0 Å². The van der Waals surface area contributed by atoms with Crippen LogP contribution in [0.5, 0.6) is 0 Å². The molecule has 0 unspecified atom stereocenters. The molecule has 1 fully saturated rings. The monoisotopic (exact) mass is 208 g/mol. The van der Waals surface area contributed by atoms with E-state index in [1.807, 2.05) is 0 Å². The Bertz CT molecular complexity index is 116. The zero-order valence-corrected chi connectivity index (χ0v) is 7.95. The van der Waals surface area contributed by atoms with Gasteiger partial charge in [0.05, 0.1) is 0 Å². The highest BCUT2D eigenvalue weighted by Gasteiger charge is 2.33. The molecule has 0 nitrogen and oxygen atoms in total. The van der Waals surface area contributed by atoms with Crippen molar-refractivity contribution in [2.45, 2.75) is 38.3 Å². The fraction of sp³-hybridized carbons (Fsp3) is 1.00. The van der Waals surface area contributed by atoms with Gasteiger partial charge in [-0.3, -0.25) is 0 Å². The summed E-state index contributed by atoms with van der Waals surface area (Å²) in [6, 6.07) is 0. The lowest BCUT2D eigenvalue weighted by molar-refractivity contribution is 0.107. The third-order valence-corrected chi connectivity index (χ3v) is 3.28. The van der Waals surface area contributed by atoms with Crippen molar-refractivity contribution in [1.82, 2.24) is 0 Å². The summed E-state index contributed by atoms with van der Waals surface area (Å²) in [6.07, 6.45) is 3.77. The number of hydrogen-bond donors (Lipinski definition) is 0. The van der Waals surface area contributed by atoms with Gasteiger partial charge >= 0.3 is 0 Å². The first-order chi connectivity index (χ1) is 4.66. The van der Waals surface area contributed by atoms with Crippen LogP contribution in [-0.4, -0.2) is 11.0 Å². The largest absolute Gasteiger partial charge is 0.243 e. The molecule has 1 aliphatic rings. The average Bonchev–Trinajstić information content (AvgIpc) is 1.88. The van der Waals surface area contributed by atoms with Crippen molar-refractivity contribution in [2.24, 2.45) is 5.92 Å². The van der Waals surface area contributed by atoms with Gasteiger partial charge in [0, 0.05) is 5.33 Å². The molecule has 0 aliphatic heterocycles. The summed E-state index contributed by atoms with van der Waals surface area (Å²) < 4.78 is 13.5. The molecule has 0 amide bonds. The van der Waals surface area contributed by atoms with Gasteiger partial charge in [0.1, 0.15) is 5.67 Å². The molecule has 1 rings (SSSR count). The van der Waals surface area contributed by atoms with Crippen molar-refractivity contribution in [3.05, 3.63) is 0 Å². The van der Waals surface area contributed by atoms with Crippen LogP contribution in [0, 0.1) is 5.92 Å². The Balaban J connectivity index is 2.45. The molecule has 0 aromatic heterocycles. The highest BCUT2D eigenvalue weighted by Crippen LogP contribution is 2.36. The molecule has 2 heteroatoms. The lowest BCUT2D eigenvalue weighted by Gasteiger charge is -2.31. The van der Waals surface area contributed by atoms with E-state index in [9.17, 15) is 4.39 Å². The van der Waals surface area contributed by atoms with Crippen LogP contribution in [0.1, 0.15) is 32.6 Å². The van der Waals surface area contributed by atoms with Crippen LogP contribution in [-0.2, 0) is 0 Å². The molecule has 2 atom stereocenters. The predicted octanol–water partition coefficient (Wildman–Crippen LogP) is 3.30. The van der Waals surface area contributed by atoms with Crippen molar-refractivity contribution < 1.29 is 4.39 Å². The molecule has 0 bridgehead atoms. The quantitative estimate of drug-likeness (QED) is 0.581. The van der Waals surface area contributed by atoms with E-state index in [1.54, 1.807) is 0 Å². The van der Waals surface area contributed by atoms with Gasteiger partial charge in [-0.15, -0.1) is 0 Å². The van der Waals surface area contributed by atoms with E-state index in [4.69, 9.17) is 0 Å². The van der Waals surface area contributed by atoms with Crippen molar-refractivity contribution in [3.63, 3.8) is 0 Å². The molecule has 0 radical (unpaired) electrons. The van der Waals surface area contributed by atoms with E-state index in [0.717, 1.165) is 19.3 Å². The highest BCUT2D eigenvalue weighted by atomic mass is 79.9. The average molecular weight is 209 g/mol. The van der Waals surface area contributed by atoms with Gasteiger partial charge in [0.15, 0.2) is 0 Å². The zero-order chi connectivity index (χ0) is 7.61. The second kappa shape index (κ2) is 3.21. The molecular weight excluding hydrogens is 195 g/mol. The van der Waals surface area contributed by atoms with E-state index in [2.05, 4.69) is 22.9 Å². The van der Waals surface area contributed by atoms with E-state index in [1.165, 1.54) is 6.42 Å². The van der Waals surface area contributed by atoms with E-state index >= 15 is 0 Å². The van der Waals surface area contributed by atoms with Gasteiger partial charge < -0.3 is 0 Å². The molecule has 0 aromatic rings. The first-order valence-electron chi connectivity index (χ1n) is 3.91. The number of rotatable bonds is 1. The number of alkyl halides is 2. The maximum atomic E-state index is 13.5. The summed E-state index contributed by atoms with van der Waals surface area (Å²) in [4.78, 5) is 0. The first kappa shape index (κ1) is 8.51. The van der Waals surface area contributed by atoms with Crippen molar-refractivity contribution in [3.8, 4) is 0 Å². The standard InChI is InChI=1S/C8H14BrF/c1-7-3-2-4-8(10,5-7)6-9/h7H,2-6H2,1H3/t7-,8+/m1/s1. The normalized spacial score (nSPS) is 41.7. The summed E-state index contributed by atoms with van der Waals surface area (Å²) in [5.74, 6) is 0.580. The highest BCUT2D eigenvalue weighted by molar-refractivity contribution is 9.09. The Hall–Kier alpha value is 0.410. The SMILES string of the molecule is C[C@@H]1CCC[C@@](F)(CBr)C1. The van der Waals surface area contributed by atoms with E-state index in [-0.39, 0.29) is 0 Å². The fourth-order valence-electron chi connectivity index (χ4n) is 1.72.